The maximum absolute atomic E-state index is 5.27. The smallest absolute Gasteiger partial charge is 0.115 e. The fraction of sp³-hybridized carbons (Fsp3) is 0.200. The Kier molecular flexibility index (Phi) is 1.62. The van der Waals surface area contributed by atoms with Crippen molar-refractivity contribution in [2.75, 3.05) is 0 Å². The van der Waals surface area contributed by atoms with Crippen LogP contribution in [0.2, 0.25) is 0 Å². The van der Waals surface area contributed by atoms with Crippen molar-refractivity contribution in [1.29, 1.82) is 0 Å². The lowest BCUT2D eigenvalue weighted by atomic mass is 10.00. The van der Waals surface area contributed by atoms with E-state index in [4.69, 9.17) is 7.85 Å². The molecule has 0 bridgehead atoms. The van der Waals surface area contributed by atoms with Crippen LogP contribution in [0.25, 0.3) is 0 Å². The minimum Gasteiger partial charge on any atom is -0.245 e. The summed E-state index contributed by atoms with van der Waals surface area (Å²) < 4.78 is 0. The third-order valence-electron chi connectivity index (χ3n) is 0.850. The first-order valence-electron chi connectivity index (χ1n) is 2.37. The molecule has 38 valence electrons. The quantitative estimate of drug-likeness (QED) is 0.473. The first-order chi connectivity index (χ1) is 3.93. The number of aromatic nitrogens is 2. The van der Waals surface area contributed by atoms with E-state index in [-0.39, 0.29) is 0 Å². The molecule has 0 aliphatic carbocycles. The molecule has 0 amide bonds. The monoisotopic (exact) mass is 104 g/mol. The summed E-state index contributed by atoms with van der Waals surface area (Å²) in [7, 11) is 5.27. The Hall–Kier alpha value is -0.855. The number of hydrogen-bond donors (Lipinski definition) is 0. The highest BCUT2D eigenvalue weighted by Gasteiger charge is 1.82. The van der Waals surface area contributed by atoms with Crippen molar-refractivity contribution in [3.8, 4) is 0 Å². The lowest BCUT2D eigenvalue weighted by Gasteiger charge is -1.88. The Bertz CT molecular complexity index is 152. The molecule has 0 aliphatic rings. The van der Waals surface area contributed by atoms with Crippen LogP contribution < -0.4 is 0 Å². The second-order valence-corrected chi connectivity index (χ2v) is 1.45. The van der Waals surface area contributed by atoms with Crippen LogP contribution in [0.5, 0.6) is 0 Å². The highest BCUT2D eigenvalue weighted by atomic mass is 14.8. The molecule has 1 rings (SSSR count). The van der Waals surface area contributed by atoms with Crippen LogP contribution in [-0.4, -0.2) is 17.8 Å². The van der Waals surface area contributed by atoms with Gasteiger partial charge in [0, 0.05) is 12.4 Å². The van der Waals surface area contributed by atoms with Crippen molar-refractivity contribution in [1.82, 2.24) is 9.97 Å². The molecular weight excluding hydrogens is 98.9 g/mol. The normalized spacial score (nSPS) is 9.00. The first kappa shape index (κ1) is 5.28. The summed E-state index contributed by atoms with van der Waals surface area (Å²) in [4.78, 5) is 7.53. The highest BCUT2D eigenvalue weighted by Crippen LogP contribution is 1.88. The average Bonchev–Trinajstić information content (AvgIpc) is 1.90. The second-order valence-electron chi connectivity index (χ2n) is 1.45. The third-order valence-corrected chi connectivity index (χ3v) is 0.850. The van der Waals surface area contributed by atoms with Crippen molar-refractivity contribution in [2.24, 2.45) is 0 Å². The number of nitrogens with zero attached hydrogens (tertiary/aromatic N) is 2. The summed E-state index contributed by atoms with van der Waals surface area (Å²) in [6, 6.07) is 0. The van der Waals surface area contributed by atoms with Crippen molar-refractivity contribution >= 4 is 7.85 Å². The van der Waals surface area contributed by atoms with Crippen LogP contribution in [0.4, 0.5) is 0 Å². The molecule has 8 heavy (non-hydrogen) atoms. The van der Waals surface area contributed by atoms with Gasteiger partial charge in [-0.2, -0.15) is 0 Å². The molecule has 0 aromatic carbocycles. The van der Waals surface area contributed by atoms with Crippen molar-refractivity contribution in [3.05, 3.63) is 24.3 Å². The molecule has 0 saturated carbocycles. The number of rotatable bonds is 1. The fourth-order valence-corrected chi connectivity index (χ4v) is 0.435. The molecule has 0 fully saturated rings. The van der Waals surface area contributed by atoms with Crippen molar-refractivity contribution in [3.63, 3.8) is 0 Å². The van der Waals surface area contributed by atoms with Crippen molar-refractivity contribution < 1.29 is 0 Å². The first-order valence-corrected chi connectivity index (χ1v) is 2.37. The van der Waals surface area contributed by atoms with Gasteiger partial charge >= 0.3 is 0 Å². The van der Waals surface area contributed by atoms with Gasteiger partial charge in [-0.15, -0.1) is 0 Å². The van der Waals surface area contributed by atoms with Gasteiger partial charge in [0.15, 0.2) is 0 Å². The van der Waals surface area contributed by atoms with Crippen molar-refractivity contribution in [2.45, 2.75) is 6.32 Å². The van der Waals surface area contributed by atoms with Gasteiger partial charge in [0.25, 0.3) is 0 Å². The van der Waals surface area contributed by atoms with Crippen LogP contribution in [-0.2, 0) is 6.32 Å². The summed E-state index contributed by atoms with van der Waals surface area (Å²) in [6.07, 6.45) is 5.40. The summed E-state index contributed by atoms with van der Waals surface area (Å²) in [6.45, 7) is 0. The largest absolute Gasteiger partial charge is 0.245 e. The summed E-state index contributed by atoms with van der Waals surface area (Å²) in [5, 5.41) is 0. The zero-order valence-corrected chi connectivity index (χ0v) is 4.41. The maximum Gasteiger partial charge on any atom is 0.115 e. The Morgan fingerprint density at radius 3 is 2.38 bits per heavy atom. The Morgan fingerprint density at radius 2 is 2.00 bits per heavy atom. The summed E-state index contributed by atoms with van der Waals surface area (Å²) >= 11 is 0. The molecule has 0 aliphatic heterocycles. The molecule has 0 saturated heterocycles. The Morgan fingerprint density at radius 1 is 1.38 bits per heavy atom. The van der Waals surface area contributed by atoms with Gasteiger partial charge < -0.3 is 0 Å². The van der Waals surface area contributed by atoms with E-state index in [2.05, 4.69) is 9.97 Å². The van der Waals surface area contributed by atoms with E-state index in [1.54, 1.807) is 12.4 Å². The maximum atomic E-state index is 5.27. The van der Waals surface area contributed by atoms with E-state index < -0.39 is 0 Å². The van der Waals surface area contributed by atoms with Gasteiger partial charge in [0.05, 0.1) is 7.85 Å². The molecule has 2 radical (unpaired) electrons. The molecule has 0 spiro atoms. The predicted octanol–water partition coefficient (Wildman–Crippen LogP) is 0.145. The van der Waals surface area contributed by atoms with Crippen LogP contribution in [0.15, 0.2) is 18.7 Å². The Balaban J connectivity index is 2.83. The van der Waals surface area contributed by atoms with Gasteiger partial charge in [0.1, 0.15) is 6.33 Å². The van der Waals surface area contributed by atoms with Crippen LogP contribution in [0.1, 0.15) is 5.56 Å². The number of hydrogen-bond acceptors (Lipinski definition) is 2. The summed E-state index contributed by atoms with van der Waals surface area (Å²) in [5.74, 6) is 0. The van der Waals surface area contributed by atoms with Crippen LogP contribution in [0, 0.1) is 0 Å². The molecule has 1 heterocycles. The predicted molar refractivity (Wildman–Crippen MR) is 31.5 cm³/mol. The SMILES string of the molecule is [B]Cc1cncnc1. The van der Waals surface area contributed by atoms with Gasteiger partial charge in [0.2, 0.25) is 0 Å². The topological polar surface area (TPSA) is 25.8 Å². The lowest BCUT2D eigenvalue weighted by Crippen LogP contribution is -1.85. The molecule has 3 heteroatoms. The van der Waals surface area contributed by atoms with E-state index in [9.17, 15) is 0 Å². The Labute approximate surface area is 49.4 Å². The van der Waals surface area contributed by atoms with E-state index in [0.29, 0.717) is 6.32 Å². The minimum atomic E-state index is 0.515. The molecule has 0 atom stereocenters. The fourth-order valence-electron chi connectivity index (χ4n) is 0.435. The average molecular weight is 104 g/mol. The zero-order valence-electron chi connectivity index (χ0n) is 4.41. The molecule has 0 N–H and O–H groups in total. The van der Waals surface area contributed by atoms with E-state index in [0.717, 1.165) is 5.56 Å². The van der Waals surface area contributed by atoms with Gasteiger partial charge in [-0.05, 0) is 5.56 Å². The highest BCUT2D eigenvalue weighted by molar-refractivity contribution is 6.08. The standard InChI is InChI=1S/C5H5BN2/c6-1-5-2-7-4-8-3-5/h2-4H,1H2. The molecular formula is C5H5BN2. The molecule has 2 nitrogen and oxygen atoms in total. The zero-order chi connectivity index (χ0) is 5.82. The molecule has 1 aromatic rings. The van der Waals surface area contributed by atoms with E-state index in [1.807, 2.05) is 0 Å². The van der Waals surface area contributed by atoms with Gasteiger partial charge in [-0.25, -0.2) is 9.97 Å². The second kappa shape index (κ2) is 2.45. The molecule has 1 aromatic heterocycles. The van der Waals surface area contributed by atoms with E-state index in [1.165, 1.54) is 6.33 Å². The van der Waals surface area contributed by atoms with Gasteiger partial charge in [-0.1, -0.05) is 6.32 Å². The lowest BCUT2D eigenvalue weighted by molar-refractivity contribution is 1.12. The third kappa shape index (κ3) is 1.06. The molecule has 0 unspecified atom stereocenters. The minimum absolute atomic E-state index is 0.515. The summed E-state index contributed by atoms with van der Waals surface area (Å²) in [5.41, 5.74) is 0.965. The van der Waals surface area contributed by atoms with Gasteiger partial charge in [-0.3, -0.25) is 0 Å². The van der Waals surface area contributed by atoms with E-state index >= 15 is 0 Å². The van der Waals surface area contributed by atoms with Crippen LogP contribution >= 0.6 is 0 Å². The van der Waals surface area contributed by atoms with Crippen LogP contribution in [0.3, 0.4) is 0 Å².